The lowest BCUT2D eigenvalue weighted by Gasteiger charge is -2.30. The molecule has 3 heterocycles. The van der Waals surface area contributed by atoms with Gasteiger partial charge in [-0.1, -0.05) is 42.5 Å². The molecule has 5 rings (SSSR count). The molecule has 2 aromatic carbocycles. The Balaban J connectivity index is 1.37. The monoisotopic (exact) mass is 369 g/mol. The number of carbonyl (C=O) groups excluding carboxylic acids is 1. The second kappa shape index (κ2) is 6.79. The first-order valence-corrected chi connectivity index (χ1v) is 9.90. The summed E-state index contributed by atoms with van der Waals surface area (Å²) in [4.78, 5) is 21.9. The van der Waals surface area contributed by atoms with Crippen LogP contribution in [-0.4, -0.2) is 23.5 Å². The van der Waals surface area contributed by atoms with Crippen molar-refractivity contribution in [2.24, 2.45) is 0 Å². The molecule has 1 unspecified atom stereocenters. The number of amides is 1. The molecule has 0 aliphatic carbocycles. The zero-order valence-electron chi connectivity index (χ0n) is 16.0. The van der Waals surface area contributed by atoms with Gasteiger partial charge in [-0.3, -0.25) is 4.79 Å². The predicted octanol–water partition coefficient (Wildman–Crippen LogP) is 4.24. The van der Waals surface area contributed by atoms with Crippen molar-refractivity contribution in [1.82, 2.24) is 4.98 Å². The number of aromatic nitrogens is 1. The van der Waals surface area contributed by atoms with Crippen molar-refractivity contribution in [3.05, 3.63) is 89.2 Å². The summed E-state index contributed by atoms with van der Waals surface area (Å²) in [7, 11) is 0. The van der Waals surface area contributed by atoms with Gasteiger partial charge in [0.25, 0.3) is 5.91 Å². The largest absolute Gasteiger partial charge is 0.366 e. The molecule has 28 heavy (non-hydrogen) atoms. The maximum atomic E-state index is 13.1. The molecule has 1 atom stereocenters. The molecule has 0 bridgehead atoms. The standard InChI is InChI=1S/C24H23N3O/c1-17-14-19-7-4-5-9-23(19)27(17)24(28)22-11-10-21(15-25-22)26-13-12-18-6-2-3-8-20(18)16-26/h2-11,15,17H,12-14,16H2,1H3. The summed E-state index contributed by atoms with van der Waals surface area (Å²) in [5.41, 5.74) is 6.62. The predicted molar refractivity (Wildman–Crippen MR) is 112 cm³/mol. The van der Waals surface area contributed by atoms with Crippen molar-refractivity contribution in [3.8, 4) is 0 Å². The number of para-hydroxylation sites is 1. The number of fused-ring (bicyclic) bond motifs is 2. The van der Waals surface area contributed by atoms with E-state index in [-0.39, 0.29) is 11.9 Å². The Kier molecular flexibility index (Phi) is 4.12. The second-order valence-electron chi connectivity index (χ2n) is 7.70. The minimum absolute atomic E-state index is 0.0204. The Morgan fingerprint density at radius 2 is 1.71 bits per heavy atom. The van der Waals surface area contributed by atoms with Gasteiger partial charge in [0.2, 0.25) is 0 Å². The summed E-state index contributed by atoms with van der Waals surface area (Å²) in [6.45, 7) is 3.96. The Labute approximate surface area is 165 Å². The van der Waals surface area contributed by atoms with E-state index >= 15 is 0 Å². The lowest BCUT2D eigenvalue weighted by molar-refractivity contribution is 0.0976. The zero-order chi connectivity index (χ0) is 19.1. The topological polar surface area (TPSA) is 36.4 Å². The van der Waals surface area contributed by atoms with Gasteiger partial charge in [-0.05, 0) is 54.7 Å². The van der Waals surface area contributed by atoms with Crippen molar-refractivity contribution in [1.29, 1.82) is 0 Å². The van der Waals surface area contributed by atoms with Crippen molar-refractivity contribution in [3.63, 3.8) is 0 Å². The van der Waals surface area contributed by atoms with Crippen LogP contribution in [0.1, 0.15) is 34.1 Å². The number of carbonyl (C=O) groups is 1. The first kappa shape index (κ1) is 17.0. The Morgan fingerprint density at radius 1 is 0.964 bits per heavy atom. The first-order chi connectivity index (χ1) is 13.7. The van der Waals surface area contributed by atoms with E-state index in [9.17, 15) is 4.79 Å². The lowest BCUT2D eigenvalue weighted by Crippen LogP contribution is -2.36. The maximum Gasteiger partial charge on any atom is 0.277 e. The highest BCUT2D eigenvalue weighted by Crippen LogP contribution is 2.33. The lowest BCUT2D eigenvalue weighted by atomic mass is 10.00. The van der Waals surface area contributed by atoms with Crippen molar-refractivity contribution in [2.75, 3.05) is 16.3 Å². The van der Waals surface area contributed by atoms with Crippen LogP contribution < -0.4 is 9.80 Å². The van der Waals surface area contributed by atoms with E-state index in [0.29, 0.717) is 5.69 Å². The fourth-order valence-corrected chi connectivity index (χ4v) is 4.41. The number of rotatable bonds is 2. The van der Waals surface area contributed by atoms with Crippen LogP contribution in [0.4, 0.5) is 11.4 Å². The summed E-state index contributed by atoms with van der Waals surface area (Å²) in [6, 6.07) is 20.8. The molecule has 1 amide bonds. The van der Waals surface area contributed by atoms with Crippen LogP contribution >= 0.6 is 0 Å². The highest BCUT2D eigenvalue weighted by molar-refractivity contribution is 6.06. The third-order valence-corrected chi connectivity index (χ3v) is 5.89. The van der Waals surface area contributed by atoms with E-state index < -0.39 is 0 Å². The zero-order valence-corrected chi connectivity index (χ0v) is 16.0. The Hall–Kier alpha value is -3.14. The van der Waals surface area contributed by atoms with Crippen molar-refractivity contribution < 1.29 is 4.79 Å². The molecule has 0 spiro atoms. The molecule has 1 aromatic heterocycles. The highest BCUT2D eigenvalue weighted by atomic mass is 16.2. The first-order valence-electron chi connectivity index (χ1n) is 9.90. The van der Waals surface area contributed by atoms with Gasteiger partial charge in [0.15, 0.2) is 0 Å². The summed E-state index contributed by atoms with van der Waals surface area (Å²) in [6.07, 6.45) is 3.78. The summed E-state index contributed by atoms with van der Waals surface area (Å²) >= 11 is 0. The number of benzene rings is 2. The molecule has 0 saturated carbocycles. The number of nitrogens with zero attached hydrogens (tertiary/aromatic N) is 3. The van der Waals surface area contributed by atoms with Gasteiger partial charge >= 0.3 is 0 Å². The molecular formula is C24H23N3O. The van der Waals surface area contributed by atoms with Gasteiger partial charge in [-0.25, -0.2) is 4.98 Å². The van der Waals surface area contributed by atoms with Crippen LogP contribution in [0.5, 0.6) is 0 Å². The van der Waals surface area contributed by atoms with Crippen LogP contribution in [0.15, 0.2) is 66.9 Å². The molecule has 3 aromatic rings. The van der Waals surface area contributed by atoms with Crippen LogP contribution in [0.25, 0.3) is 0 Å². The van der Waals surface area contributed by atoms with E-state index in [4.69, 9.17) is 0 Å². The van der Waals surface area contributed by atoms with Crippen molar-refractivity contribution in [2.45, 2.75) is 32.4 Å². The minimum Gasteiger partial charge on any atom is -0.366 e. The fourth-order valence-electron chi connectivity index (χ4n) is 4.41. The molecule has 140 valence electrons. The molecule has 0 N–H and O–H groups in total. The summed E-state index contributed by atoms with van der Waals surface area (Å²) in [5.74, 6) is -0.0204. The average molecular weight is 369 g/mol. The molecule has 2 aliphatic heterocycles. The molecule has 4 heteroatoms. The number of pyridine rings is 1. The van der Waals surface area contributed by atoms with Gasteiger partial charge in [-0.15, -0.1) is 0 Å². The molecular weight excluding hydrogens is 346 g/mol. The van der Waals surface area contributed by atoms with Gasteiger partial charge in [0, 0.05) is 24.8 Å². The molecule has 4 nitrogen and oxygen atoms in total. The van der Waals surface area contributed by atoms with E-state index in [0.717, 1.165) is 37.3 Å². The highest BCUT2D eigenvalue weighted by Gasteiger charge is 2.31. The second-order valence-corrected chi connectivity index (χ2v) is 7.70. The third kappa shape index (κ3) is 2.85. The summed E-state index contributed by atoms with van der Waals surface area (Å²) in [5, 5.41) is 0. The van der Waals surface area contributed by atoms with Crippen LogP contribution in [-0.2, 0) is 19.4 Å². The van der Waals surface area contributed by atoms with Gasteiger partial charge in [0.05, 0.1) is 11.9 Å². The van der Waals surface area contributed by atoms with Crippen LogP contribution in [0, 0.1) is 0 Å². The molecule has 0 fully saturated rings. The van der Waals surface area contributed by atoms with Gasteiger partial charge < -0.3 is 9.80 Å². The quantitative estimate of drug-likeness (QED) is 0.678. The molecule has 0 saturated heterocycles. The normalized spacial score (nSPS) is 18.0. The van der Waals surface area contributed by atoms with E-state index in [1.54, 1.807) is 0 Å². The van der Waals surface area contributed by atoms with Crippen molar-refractivity contribution >= 4 is 17.3 Å². The number of hydrogen-bond acceptors (Lipinski definition) is 3. The Bertz CT molecular complexity index is 1030. The average Bonchev–Trinajstić information content (AvgIpc) is 3.08. The maximum absolute atomic E-state index is 13.1. The summed E-state index contributed by atoms with van der Waals surface area (Å²) < 4.78 is 0. The van der Waals surface area contributed by atoms with Gasteiger partial charge in [-0.2, -0.15) is 0 Å². The number of hydrogen-bond donors (Lipinski definition) is 0. The Morgan fingerprint density at radius 3 is 2.50 bits per heavy atom. The van der Waals surface area contributed by atoms with Crippen LogP contribution in [0.2, 0.25) is 0 Å². The SMILES string of the molecule is CC1Cc2ccccc2N1C(=O)c1ccc(N2CCc3ccccc3C2)cn1. The van der Waals surface area contributed by atoms with Crippen LogP contribution in [0.3, 0.4) is 0 Å². The van der Waals surface area contributed by atoms with E-state index in [1.807, 2.05) is 41.4 Å². The molecule has 0 radical (unpaired) electrons. The third-order valence-electron chi connectivity index (χ3n) is 5.89. The fraction of sp³-hybridized carbons (Fsp3) is 0.250. The van der Waals surface area contributed by atoms with Gasteiger partial charge in [0.1, 0.15) is 5.69 Å². The number of anilines is 2. The smallest absolute Gasteiger partial charge is 0.277 e. The van der Waals surface area contributed by atoms with E-state index in [1.165, 1.54) is 16.7 Å². The minimum atomic E-state index is -0.0204. The van der Waals surface area contributed by atoms with E-state index in [2.05, 4.69) is 47.1 Å². The molecule has 2 aliphatic rings.